The second-order valence-electron chi connectivity index (χ2n) is 8.00. The van der Waals surface area contributed by atoms with Crippen LogP contribution in [0, 0.1) is 0 Å². The van der Waals surface area contributed by atoms with E-state index < -0.39 is 0 Å². The van der Waals surface area contributed by atoms with E-state index in [0.717, 1.165) is 25.6 Å². The van der Waals surface area contributed by atoms with Crippen molar-refractivity contribution in [1.82, 2.24) is 25.3 Å². The minimum Gasteiger partial charge on any atom is -0.357 e. The Kier molecular flexibility index (Phi) is 8.95. The van der Waals surface area contributed by atoms with Crippen LogP contribution in [-0.2, 0) is 12.5 Å². The van der Waals surface area contributed by atoms with Crippen LogP contribution in [0.5, 0.6) is 0 Å². The van der Waals surface area contributed by atoms with E-state index in [4.69, 9.17) is 4.99 Å². The molecule has 1 saturated carbocycles. The van der Waals surface area contributed by atoms with E-state index in [1.54, 1.807) is 0 Å². The topological polar surface area (TPSA) is 57.5 Å². The van der Waals surface area contributed by atoms with Gasteiger partial charge in [-0.2, -0.15) is 5.10 Å². The Morgan fingerprint density at radius 1 is 1.24 bits per heavy atom. The molecule has 6 nitrogen and oxygen atoms in total. The van der Waals surface area contributed by atoms with Crippen LogP contribution in [0.3, 0.4) is 0 Å². The quantitative estimate of drug-likeness (QED) is 0.325. The molecular weight excluding hydrogens is 475 g/mol. The van der Waals surface area contributed by atoms with Crippen LogP contribution in [0.15, 0.2) is 47.7 Å². The summed E-state index contributed by atoms with van der Waals surface area (Å²) in [5, 5.41) is 11.3. The molecule has 1 fully saturated rings. The van der Waals surface area contributed by atoms with E-state index in [1.807, 2.05) is 17.9 Å². The van der Waals surface area contributed by atoms with E-state index >= 15 is 0 Å². The second-order valence-corrected chi connectivity index (χ2v) is 8.00. The Bertz CT molecular complexity index is 767. The molecule has 1 heterocycles. The highest BCUT2D eigenvalue weighted by Gasteiger charge is 2.38. The minimum atomic E-state index is 0. The van der Waals surface area contributed by atoms with Gasteiger partial charge in [-0.3, -0.25) is 9.67 Å². The molecule has 7 heteroatoms. The van der Waals surface area contributed by atoms with Crippen LogP contribution in [0.4, 0.5) is 0 Å². The fraction of sp³-hybridized carbons (Fsp3) is 0.545. The van der Waals surface area contributed by atoms with Crippen LogP contribution in [0.2, 0.25) is 0 Å². The van der Waals surface area contributed by atoms with Crippen LogP contribution in [-0.4, -0.2) is 54.4 Å². The van der Waals surface area contributed by atoms with Crippen molar-refractivity contribution in [3.05, 3.63) is 53.9 Å². The van der Waals surface area contributed by atoms with E-state index in [0.29, 0.717) is 0 Å². The molecule has 1 unspecified atom stereocenters. The summed E-state index contributed by atoms with van der Waals surface area (Å²) in [4.78, 5) is 7.18. The number of nitrogens with one attached hydrogen (secondary N) is 2. The van der Waals surface area contributed by atoms with Gasteiger partial charge in [0.05, 0.1) is 18.8 Å². The van der Waals surface area contributed by atoms with E-state index in [2.05, 4.69) is 78.2 Å². The molecule has 3 rings (SSSR count). The van der Waals surface area contributed by atoms with Gasteiger partial charge in [-0.1, -0.05) is 36.8 Å². The molecule has 0 amide bonds. The molecule has 0 radical (unpaired) electrons. The van der Waals surface area contributed by atoms with Gasteiger partial charge in [-0.15, -0.1) is 24.0 Å². The number of aryl methyl sites for hydroxylation is 1. The van der Waals surface area contributed by atoms with Gasteiger partial charge < -0.3 is 15.5 Å². The van der Waals surface area contributed by atoms with Crippen LogP contribution in [0.25, 0.3) is 0 Å². The van der Waals surface area contributed by atoms with Crippen molar-refractivity contribution in [3.63, 3.8) is 0 Å². The molecule has 1 aliphatic rings. The van der Waals surface area contributed by atoms with Crippen molar-refractivity contribution in [3.8, 4) is 0 Å². The third-order valence-corrected chi connectivity index (χ3v) is 5.78. The van der Waals surface area contributed by atoms with Crippen LogP contribution >= 0.6 is 24.0 Å². The molecule has 0 bridgehead atoms. The lowest BCUT2D eigenvalue weighted by Crippen LogP contribution is -2.44. The third-order valence-electron chi connectivity index (χ3n) is 5.78. The molecule has 0 saturated heterocycles. The van der Waals surface area contributed by atoms with Crippen molar-refractivity contribution >= 4 is 29.9 Å². The number of nitrogens with zero attached hydrogens (tertiary/aromatic N) is 4. The Morgan fingerprint density at radius 3 is 2.48 bits per heavy atom. The molecule has 1 aliphatic carbocycles. The predicted molar refractivity (Wildman–Crippen MR) is 131 cm³/mol. The number of aromatic nitrogens is 2. The lowest BCUT2D eigenvalue weighted by Gasteiger charge is -2.41. The second kappa shape index (κ2) is 11.0. The van der Waals surface area contributed by atoms with Gasteiger partial charge in [0.25, 0.3) is 0 Å². The number of benzene rings is 1. The van der Waals surface area contributed by atoms with Gasteiger partial charge in [0.1, 0.15) is 0 Å². The zero-order valence-electron chi connectivity index (χ0n) is 18.1. The molecule has 160 valence electrons. The highest BCUT2D eigenvalue weighted by Crippen LogP contribution is 2.43. The summed E-state index contributed by atoms with van der Waals surface area (Å²) in [6, 6.07) is 11.1. The normalized spacial score (nSPS) is 16.7. The fourth-order valence-electron chi connectivity index (χ4n) is 3.91. The smallest absolute Gasteiger partial charge is 0.191 e. The number of guanidine groups is 1. The Labute approximate surface area is 192 Å². The summed E-state index contributed by atoms with van der Waals surface area (Å²) < 4.78 is 1.85. The first-order valence-electron chi connectivity index (χ1n) is 10.3. The highest BCUT2D eigenvalue weighted by atomic mass is 127. The summed E-state index contributed by atoms with van der Waals surface area (Å²) in [6.45, 7) is 4.57. The van der Waals surface area contributed by atoms with E-state index in [9.17, 15) is 0 Å². The van der Waals surface area contributed by atoms with Gasteiger partial charge in [0.2, 0.25) is 0 Å². The summed E-state index contributed by atoms with van der Waals surface area (Å²) >= 11 is 0. The van der Waals surface area contributed by atoms with Crippen molar-refractivity contribution in [2.45, 2.75) is 37.6 Å². The summed E-state index contributed by atoms with van der Waals surface area (Å²) in [7, 11) is 6.15. The Hall–Kier alpha value is -1.61. The van der Waals surface area contributed by atoms with Gasteiger partial charge in [0, 0.05) is 37.3 Å². The zero-order chi connectivity index (χ0) is 20.0. The van der Waals surface area contributed by atoms with Crippen LogP contribution in [0.1, 0.15) is 43.4 Å². The van der Waals surface area contributed by atoms with Crippen molar-refractivity contribution in [2.75, 3.05) is 33.7 Å². The van der Waals surface area contributed by atoms with Crippen molar-refractivity contribution in [1.29, 1.82) is 0 Å². The maximum absolute atomic E-state index is 4.97. The molecule has 2 N–H and O–H groups in total. The minimum absolute atomic E-state index is 0. The zero-order valence-corrected chi connectivity index (χ0v) is 20.4. The predicted octanol–water partition coefficient (Wildman–Crippen LogP) is 3.32. The first kappa shape index (κ1) is 23.7. The lowest BCUT2D eigenvalue weighted by molar-refractivity contribution is 0.253. The summed E-state index contributed by atoms with van der Waals surface area (Å²) in [6.07, 6.45) is 7.74. The number of hydrogen-bond acceptors (Lipinski definition) is 3. The Balaban J connectivity index is 0.00000300. The maximum atomic E-state index is 4.97. The van der Waals surface area contributed by atoms with Gasteiger partial charge >= 0.3 is 0 Å². The van der Waals surface area contributed by atoms with Crippen molar-refractivity contribution in [2.24, 2.45) is 12.0 Å². The lowest BCUT2D eigenvalue weighted by atomic mass is 9.64. The van der Waals surface area contributed by atoms with E-state index in [1.165, 1.54) is 30.4 Å². The molecule has 0 spiro atoms. The number of aliphatic imine (C=N–C) groups is 1. The standard InChI is InChI=1S/C22H34N6.HI/c1-5-23-21(24-15-20(27(2)3)18-14-26-28(4)16-18)25-17-22(12-9-13-22)19-10-7-6-8-11-19;/h6-8,10-11,14,16,20H,5,9,12-13,15,17H2,1-4H3,(H2,23,24,25);1H. The van der Waals surface area contributed by atoms with Gasteiger partial charge in [-0.05, 0) is 39.4 Å². The molecule has 1 atom stereocenters. The summed E-state index contributed by atoms with van der Waals surface area (Å²) in [5.41, 5.74) is 2.83. The highest BCUT2D eigenvalue weighted by molar-refractivity contribution is 14.0. The molecular formula is C22H35IN6. The first-order valence-corrected chi connectivity index (χ1v) is 10.3. The van der Waals surface area contributed by atoms with Crippen LogP contribution < -0.4 is 10.6 Å². The fourth-order valence-corrected chi connectivity index (χ4v) is 3.91. The van der Waals surface area contributed by atoms with Gasteiger partial charge in [-0.25, -0.2) is 0 Å². The average molecular weight is 510 g/mol. The third kappa shape index (κ3) is 5.94. The molecule has 1 aromatic heterocycles. The molecule has 2 aromatic rings. The van der Waals surface area contributed by atoms with Gasteiger partial charge in [0.15, 0.2) is 5.96 Å². The molecule has 1 aromatic carbocycles. The van der Waals surface area contributed by atoms with Crippen molar-refractivity contribution < 1.29 is 0 Å². The largest absolute Gasteiger partial charge is 0.357 e. The monoisotopic (exact) mass is 510 g/mol. The average Bonchev–Trinajstić information content (AvgIpc) is 3.07. The number of halogens is 1. The molecule has 29 heavy (non-hydrogen) atoms. The summed E-state index contributed by atoms with van der Waals surface area (Å²) in [5.74, 6) is 0.889. The SMILES string of the molecule is CCNC(=NCC1(c2ccccc2)CCC1)NCC(c1cnn(C)c1)N(C)C.I. The molecule has 0 aliphatic heterocycles. The van der Waals surface area contributed by atoms with E-state index in [-0.39, 0.29) is 35.4 Å². The Morgan fingerprint density at radius 2 is 1.97 bits per heavy atom. The number of rotatable bonds is 8. The number of hydrogen-bond donors (Lipinski definition) is 2. The first-order chi connectivity index (χ1) is 13.5. The number of likely N-dealkylation sites (N-methyl/N-ethyl adjacent to an activating group) is 1. The maximum Gasteiger partial charge on any atom is 0.191 e.